The van der Waals surface area contributed by atoms with Gasteiger partial charge in [0, 0.05) is 24.7 Å². The summed E-state index contributed by atoms with van der Waals surface area (Å²) < 4.78 is 18.8. The minimum absolute atomic E-state index is 0.301. The second-order valence-corrected chi connectivity index (χ2v) is 8.30. The first-order valence-electron chi connectivity index (χ1n) is 10.9. The topological polar surface area (TPSA) is 45.5 Å². The predicted octanol–water partition coefficient (Wildman–Crippen LogP) is 5.46. The van der Waals surface area contributed by atoms with E-state index in [2.05, 4.69) is 35.0 Å². The molecule has 5 heteroatoms. The molecule has 1 aliphatic carbocycles. The van der Waals surface area contributed by atoms with E-state index in [1.165, 1.54) is 37.7 Å². The van der Waals surface area contributed by atoms with Crippen molar-refractivity contribution in [2.24, 2.45) is 5.92 Å². The fraction of sp³-hybridized carbons (Fsp3) is 0.400. The lowest BCUT2D eigenvalue weighted by atomic mass is 9.89. The van der Waals surface area contributed by atoms with E-state index in [1.54, 1.807) is 7.11 Å². The molecule has 0 amide bonds. The quantitative estimate of drug-likeness (QED) is 0.547. The average Bonchev–Trinajstić information content (AvgIpc) is 3.41. The molecule has 0 radical (unpaired) electrons. The Kier molecular flexibility index (Phi) is 5.35. The van der Waals surface area contributed by atoms with Gasteiger partial charge in [0.25, 0.3) is 0 Å². The zero-order chi connectivity index (χ0) is 20.3. The molecular formula is C25H28N2O3. The van der Waals surface area contributed by atoms with Crippen LogP contribution >= 0.6 is 0 Å². The Morgan fingerprint density at radius 3 is 2.77 bits per heavy atom. The Hall–Kier alpha value is -2.95. The standard InChI is InChI=1S/C25H28N2O3/c1-28-21-9-5-8-20(14-21)22-16-27(15-18-6-3-2-4-7-18)25(26-22)13-19-10-11-23-24(12-19)30-17-29-23/h5,8-12,14,16,18H,2-4,6-7,13,15,17H2,1H3. The third-order valence-electron chi connectivity index (χ3n) is 6.20. The Balaban J connectivity index is 1.46. The number of hydrogen-bond acceptors (Lipinski definition) is 4. The minimum atomic E-state index is 0.301. The van der Waals surface area contributed by atoms with Crippen LogP contribution in [0.1, 0.15) is 43.5 Å². The minimum Gasteiger partial charge on any atom is -0.497 e. The molecular weight excluding hydrogens is 376 g/mol. The summed E-state index contributed by atoms with van der Waals surface area (Å²) in [6.07, 6.45) is 9.68. The first-order chi connectivity index (χ1) is 14.8. The SMILES string of the molecule is COc1cccc(-c2cn(CC3CCCCC3)c(Cc3ccc4c(c3)OCO4)n2)c1. The van der Waals surface area contributed by atoms with Crippen LogP contribution < -0.4 is 14.2 Å². The Labute approximate surface area is 177 Å². The second kappa shape index (κ2) is 8.42. The van der Waals surface area contributed by atoms with Gasteiger partial charge < -0.3 is 18.8 Å². The van der Waals surface area contributed by atoms with Gasteiger partial charge in [-0.15, -0.1) is 0 Å². The molecule has 156 valence electrons. The monoisotopic (exact) mass is 404 g/mol. The zero-order valence-electron chi connectivity index (χ0n) is 17.5. The van der Waals surface area contributed by atoms with Crippen molar-refractivity contribution in [2.75, 3.05) is 13.9 Å². The number of benzene rings is 2. The van der Waals surface area contributed by atoms with E-state index < -0.39 is 0 Å². The van der Waals surface area contributed by atoms with Gasteiger partial charge in [-0.25, -0.2) is 4.98 Å². The van der Waals surface area contributed by atoms with Crippen LogP contribution in [-0.2, 0) is 13.0 Å². The highest BCUT2D eigenvalue weighted by atomic mass is 16.7. The van der Waals surface area contributed by atoms with Crippen molar-refractivity contribution >= 4 is 0 Å². The Morgan fingerprint density at radius 2 is 1.90 bits per heavy atom. The van der Waals surface area contributed by atoms with Gasteiger partial charge in [-0.2, -0.15) is 0 Å². The van der Waals surface area contributed by atoms with E-state index in [4.69, 9.17) is 19.2 Å². The molecule has 0 atom stereocenters. The fourth-order valence-corrected chi connectivity index (χ4v) is 4.56. The van der Waals surface area contributed by atoms with E-state index in [0.717, 1.165) is 53.2 Å². The smallest absolute Gasteiger partial charge is 0.231 e. The largest absolute Gasteiger partial charge is 0.497 e. The van der Waals surface area contributed by atoms with Crippen LogP contribution in [0.5, 0.6) is 17.2 Å². The molecule has 0 spiro atoms. The van der Waals surface area contributed by atoms with Crippen molar-refractivity contribution in [1.82, 2.24) is 9.55 Å². The third-order valence-corrected chi connectivity index (χ3v) is 6.20. The Morgan fingerprint density at radius 1 is 1.03 bits per heavy atom. The zero-order valence-corrected chi connectivity index (χ0v) is 17.5. The maximum atomic E-state index is 5.57. The first-order valence-corrected chi connectivity index (χ1v) is 10.9. The number of imidazole rings is 1. The molecule has 0 unspecified atom stereocenters. The van der Waals surface area contributed by atoms with Gasteiger partial charge >= 0.3 is 0 Å². The van der Waals surface area contributed by atoms with Gasteiger partial charge in [-0.05, 0) is 48.6 Å². The summed E-state index contributed by atoms with van der Waals surface area (Å²) in [7, 11) is 1.70. The van der Waals surface area contributed by atoms with Crippen LogP contribution in [-0.4, -0.2) is 23.5 Å². The summed E-state index contributed by atoms with van der Waals surface area (Å²) >= 11 is 0. The van der Waals surface area contributed by atoms with E-state index >= 15 is 0 Å². The molecule has 1 aliphatic heterocycles. The van der Waals surface area contributed by atoms with Crippen LogP contribution in [0.4, 0.5) is 0 Å². The molecule has 5 nitrogen and oxygen atoms in total. The lowest BCUT2D eigenvalue weighted by molar-refractivity contribution is 0.174. The van der Waals surface area contributed by atoms with E-state index in [0.29, 0.717) is 6.79 Å². The summed E-state index contributed by atoms with van der Waals surface area (Å²) in [6, 6.07) is 14.3. The fourth-order valence-electron chi connectivity index (χ4n) is 4.56. The van der Waals surface area contributed by atoms with Crippen molar-refractivity contribution in [2.45, 2.75) is 45.1 Å². The number of fused-ring (bicyclic) bond motifs is 1. The lowest BCUT2D eigenvalue weighted by Gasteiger charge is -2.22. The first kappa shape index (κ1) is 19.0. The molecule has 5 rings (SSSR count). The molecule has 0 saturated heterocycles. The molecule has 30 heavy (non-hydrogen) atoms. The van der Waals surface area contributed by atoms with Gasteiger partial charge in [-0.1, -0.05) is 37.5 Å². The van der Waals surface area contributed by atoms with E-state index in [-0.39, 0.29) is 0 Å². The van der Waals surface area contributed by atoms with Crippen molar-refractivity contribution in [3.63, 3.8) is 0 Å². The second-order valence-electron chi connectivity index (χ2n) is 8.30. The maximum absolute atomic E-state index is 5.57. The van der Waals surface area contributed by atoms with Crippen LogP contribution in [0.15, 0.2) is 48.7 Å². The van der Waals surface area contributed by atoms with E-state index in [1.807, 2.05) is 18.2 Å². The van der Waals surface area contributed by atoms with Crippen molar-refractivity contribution in [3.8, 4) is 28.5 Å². The Bertz CT molecular complexity index is 1020. The molecule has 3 aromatic rings. The molecule has 0 bridgehead atoms. The molecule has 0 N–H and O–H groups in total. The van der Waals surface area contributed by atoms with Gasteiger partial charge in [0.15, 0.2) is 11.5 Å². The number of ether oxygens (including phenoxy) is 3. The molecule has 2 aromatic carbocycles. The normalized spacial score (nSPS) is 16.0. The van der Waals surface area contributed by atoms with Crippen molar-refractivity contribution < 1.29 is 14.2 Å². The van der Waals surface area contributed by atoms with Crippen molar-refractivity contribution in [1.29, 1.82) is 0 Å². The number of methoxy groups -OCH3 is 1. The summed E-state index contributed by atoms with van der Waals surface area (Å²) in [6.45, 7) is 1.34. The van der Waals surface area contributed by atoms with Crippen LogP contribution in [0.2, 0.25) is 0 Å². The highest BCUT2D eigenvalue weighted by molar-refractivity contribution is 5.61. The number of rotatable bonds is 6. The highest BCUT2D eigenvalue weighted by Crippen LogP contribution is 2.34. The summed E-state index contributed by atoms with van der Waals surface area (Å²) in [4.78, 5) is 5.05. The summed E-state index contributed by atoms with van der Waals surface area (Å²) in [5.74, 6) is 4.33. The number of aromatic nitrogens is 2. The van der Waals surface area contributed by atoms with E-state index in [9.17, 15) is 0 Å². The number of nitrogens with zero attached hydrogens (tertiary/aromatic N) is 2. The predicted molar refractivity (Wildman–Crippen MR) is 116 cm³/mol. The van der Waals surface area contributed by atoms with Gasteiger partial charge in [0.1, 0.15) is 11.6 Å². The molecule has 1 saturated carbocycles. The lowest BCUT2D eigenvalue weighted by Crippen LogP contribution is -2.15. The summed E-state index contributed by atoms with van der Waals surface area (Å²) in [5.41, 5.74) is 3.27. The van der Waals surface area contributed by atoms with Gasteiger partial charge in [-0.3, -0.25) is 0 Å². The van der Waals surface area contributed by atoms with Crippen LogP contribution in [0, 0.1) is 5.92 Å². The van der Waals surface area contributed by atoms with Crippen LogP contribution in [0.3, 0.4) is 0 Å². The molecule has 2 heterocycles. The number of hydrogen-bond donors (Lipinski definition) is 0. The highest BCUT2D eigenvalue weighted by Gasteiger charge is 2.19. The van der Waals surface area contributed by atoms with Gasteiger partial charge in [0.2, 0.25) is 6.79 Å². The van der Waals surface area contributed by atoms with Gasteiger partial charge in [0.05, 0.1) is 12.8 Å². The molecule has 1 fully saturated rings. The maximum Gasteiger partial charge on any atom is 0.231 e. The average molecular weight is 405 g/mol. The van der Waals surface area contributed by atoms with Crippen LogP contribution in [0.25, 0.3) is 11.3 Å². The third kappa shape index (κ3) is 4.02. The molecule has 1 aromatic heterocycles. The summed E-state index contributed by atoms with van der Waals surface area (Å²) in [5, 5.41) is 0. The van der Waals surface area contributed by atoms with Crippen molar-refractivity contribution in [3.05, 3.63) is 60.0 Å². The molecule has 2 aliphatic rings.